The van der Waals surface area contributed by atoms with Crippen LogP contribution < -0.4 is 0 Å². The smallest absolute Gasteiger partial charge is 0.306 e. The first-order valence-corrected chi connectivity index (χ1v) is 7.02. The molecule has 2 aliphatic heterocycles. The van der Waals surface area contributed by atoms with Gasteiger partial charge < -0.3 is 9.47 Å². The highest BCUT2D eigenvalue weighted by Gasteiger charge is 2.40. The Morgan fingerprint density at radius 1 is 1.25 bits per heavy atom. The molecule has 1 fully saturated rings. The Hall–Kier alpha value is -1.84. The van der Waals surface area contributed by atoms with Crippen molar-refractivity contribution in [2.24, 2.45) is 4.99 Å². The highest BCUT2D eigenvalue weighted by molar-refractivity contribution is 5.87. The first-order chi connectivity index (χ1) is 9.55. The number of hydrogen-bond acceptors (Lipinski definition) is 4. The highest BCUT2D eigenvalue weighted by atomic mass is 16.6. The third-order valence-electron chi connectivity index (χ3n) is 3.74. The molecule has 2 atom stereocenters. The molecule has 2 heterocycles. The van der Waals surface area contributed by atoms with Crippen molar-refractivity contribution < 1.29 is 14.3 Å². The van der Waals surface area contributed by atoms with Crippen LogP contribution >= 0.6 is 0 Å². The van der Waals surface area contributed by atoms with Crippen molar-refractivity contribution in [3.63, 3.8) is 0 Å². The number of carbonyl (C=O) groups is 1. The van der Waals surface area contributed by atoms with Crippen LogP contribution in [0.15, 0.2) is 35.3 Å². The predicted molar refractivity (Wildman–Crippen MR) is 75.8 cm³/mol. The molecule has 4 nitrogen and oxygen atoms in total. The summed E-state index contributed by atoms with van der Waals surface area (Å²) in [6, 6.07) is 10.1. The second-order valence-corrected chi connectivity index (χ2v) is 6.02. The molecular weight excluding hydrogens is 254 g/mol. The van der Waals surface area contributed by atoms with E-state index in [2.05, 4.69) is 17.1 Å². The van der Waals surface area contributed by atoms with Gasteiger partial charge in [-0.05, 0) is 25.8 Å². The lowest BCUT2D eigenvalue weighted by atomic mass is 9.87. The van der Waals surface area contributed by atoms with Gasteiger partial charge in [0.15, 0.2) is 6.10 Å². The van der Waals surface area contributed by atoms with Crippen LogP contribution in [-0.2, 0) is 14.3 Å². The van der Waals surface area contributed by atoms with E-state index in [4.69, 9.17) is 9.47 Å². The predicted octanol–water partition coefficient (Wildman–Crippen LogP) is 2.68. The van der Waals surface area contributed by atoms with Gasteiger partial charge in [0.25, 0.3) is 0 Å². The quantitative estimate of drug-likeness (QED) is 0.778. The minimum Gasteiger partial charge on any atom is -0.476 e. The van der Waals surface area contributed by atoms with Crippen LogP contribution in [-0.4, -0.2) is 30.1 Å². The molecule has 0 spiro atoms. The van der Waals surface area contributed by atoms with E-state index in [0.29, 0.717) is 18.9 Å². The molecule has 1 saturated heterocycles. The number of nitrogens with zero attached hydrogens (tertiary/aromatic N) is 1. The lowest BCUT2D eigenvalue weighted by Crippen LogP contribution is -2.37. The van der Waals surface area contributed by atoms with E-state index in [0.717, 1.165) is 6.42 Å². The first kappa shape index (κ1) is 13.2. The van der Waals surface area contributed by atoms with Gasteiger partial charge in [0, 0.05) is 12.3 Å². The van der Waals surface area contributed by atoms with Gasteiger partial charge in [0.2, 0.25) is 5.90 Å². The molecule has 0 aromatic heterocycles. The highest BCUT2D eigenvalue weighted by Crippen LogP contribution is 2.34. The number of hydrogen-bond donors (Lipinski definition) is 0. The molecule has 0 amide bonds. The maximum atomic E-state index is 11.6. The normalized spacial score (nSPS) is 28.5. The topological polar surface area (TPSA) is 47.9 Å². The van der Waals surface area contributed by atoms with Crippen LogP contribution in [0.2, 0.25) is 0 Å². The minimum absolute atomic E-state index is 0.126. The molecular formula is C16H19NO3. The second kappa shape index (κ2) is 4.93. The van der Waals surface area contributed by atoms with Gasteiger partial charge in [-0.1, -0.05) is 30.3 Å². The number of rotatable bonds is 2. The van der Waals surface area contributed by atoms with Crippen LogP contribution in [0, 0.1) is 0 Å². The van der Waals surface area contributed by atoms with Crippen molar-refractivity contribution in [3.05, 3.63) is 35.9 Å². The van der Waals surface area contributed by atoms with Gasteiger partial charge in [-0.25, -0.2) is 4.99 Å². The molecule has 20 heavy (non-hydrogen) atoms. The summed E-state index contributed by atoms with van der Waals surface area (Å²) in [6.45, 7) is 4.57. The van der Waals surface area contributed by atoms with Crippen LogP contribution in [0.1, 0.15) is 38.2 Å². The summed E-state index contributed by atoms with van der Waals surface area (Å²) >= 11 is 0. The molecule has 0 radical (unpaired) electrons. The molecule has 3 rings (SSSR count). The van der Waals surface area contributed by atoms with E-state index >= 15 is 0 Å². The van der Waals surface area contributed by atoms with Crippen molar-refractivity contribution in [1.82, 2.24) is 0 Å². The minimum atomic E-state index is -0.388. The average Bonchev–Trinajstić information content (AvgIpc) is 2.80. The summed E-state index contributed by atoms with van der Waals surface area (Å²) in [4.78, 5) is 16.2. The van der Waals surface area contributed by atoms with E-state index < -0.39 is 0 Å². The van der Waals surface area contributed by atoms with Crippen molar-refractivity contribution in [2.45, 2.75) is 44.2 Å². The van der Waals surface area contributed by atoms with Crippen LogP contribution in [0.25, 0.3) is 0 Å². The monoisotopic (exact) mass is 273 g/mol. The van der Waals surface area contributed by atoms with Gasteiger partial charge in [-0.3, -0.25) is 4.79 Å². The number of carbonyl (C=O) groups excluding carboxylic acids is 1. The lowest BCUT2D eigenvalue weighted by Gasteiger charge is -2.30. The summed E-state index contributed by atoms with van der Waals surface area (Å²) < 4.78 is 11.2. The third-order valence-corrected chi connectivity index (χ3v) is 3.74. The maximum absolute atomic E-state index is 11.6. The molecule has 2 aliphatic rings. The van der Waals surface area contributed by atoms with Crippen molar-refractivity contribution >= 4 is 11.9 Å². The molecule has 0 saturated carbocycles. The molecule has 4 heteroatoms. The number of cyclic esters (lactones) is 1. The summed E-state index contributed by atoms with van der Waals surface area (Å²) in [6.07, 6.45) is 0.837. The van der Waals surface area contributed by atoms with Crippen LogP contribution in [0.5, 0.6) is 0 Å². The van der Waals surface area contributed by atoms with E-state index in [1.165, 1.54) is 5.56 Å². The van der Waals surface area contributed by atoms with Crippen molar-refractivity contribution in [3.8, 4) is 0 Å². The van der Waals surface area contributed by atoms with E-state index in [1.807, 2.05) is 32.0 Å². The zero-order valence-electron chi connectivity index (χ0n) is 11.8. The average molecular weight is 273 g/mol. The van der Waals surface area contributed by atoms with Gasteiger partial charge in [0.1, 0.15) is 6.61 Å². The van der Waals surface area contributed by atoms with E-state index in [9.17, 15) is 4.79 Å². The maximum Gasteiger partial charge on any atom is 0.306 e. The summed E-state index contributed by atoms with van der Waals surface area (Å²) in [5, 5.41) is 0. The number of benzene rings is 1. The Morgan fingerprint density at radius 3 is 2.65 bits per heavy atom. The summed E-state index contributed by atoms with van der Waals surface area (Å²) in [5.41, 5.74) is 0.932. The zero-order chi connectivity index (χ0) is 14.2. The molecule has 0 bridgehead atoms. The Bertz CT molecular complexity index is 536. The fourth-order valence-corrected chi connectivity index (χ4v) is 2.73. The Labute approximate surface area is 118 Å². The van der Waals surface area contributed by atoms with Gasteiger partial charge in [-0.15, -0.1) is 0 Å². The lowest BCUT2D eigenvalue weighted by molar-refractivity contribution is -0.151. The molecule has 2 unspecified atom stereocenters. The SMILES string of the molecule is CC1(C)COC(C2OC(=O)CCC2c2ccccc2)=N1. The summed E-state index contributed by atoms with van der Waals surface area (Å²) in [5.74, 6) is 0.525. The van der Waals surface area contributed by atoms with Crippen molar-refractivity contribution in [2.75, 3.05) is 6.61 Å². The van der Waals surface area contributed by atoms with E-state index in [1.54, 1.807) is 0 Å². The second-order valence-electron chi connectivity index (χ2n) is 6.02. The number of esters is 1. The Morgan fingerprint density at radius 2 is 2.00 bits per heavy atom. The standard InChI is InChI=1S/C16H19NO3/c1-16(2)10-19-15(17-16)14-12(8-9-13(18)20-14)11-6-4-3-5-7-11/h3-7,12,14H,8-10H2,1-2H3. The Balaban J connectivity index is 1.90. The van der Waals surface area contributed by atoms with E-state index in [-0.39, 0.29) is 23.5 Å². The number of aliphatic imine (C=N–C) groups is 1. The zero-order valence-corrected chi connectivity index (χ0v) is 11.8. The van der Waals surface area contributed by atoms with Gasteiger partial charge >= 0.3 is 5.97 Å². The molecule has 1 aromatic carbocycles. The molecule has 0 aliphatic carbocycles. The summed E-state index contributed by atoms with van der Waals surface area (Å²) in [7, 11) is 0. The van der Waals surface area contributed by atoms with Crippen LogP contribution in [0.3, 0.4) is 0 Å². The first-order valence-electron chi connectivity index (χ1n) is 7.02. The van der Waals surface area contributed by atoms with Crippen LogP contribution in [0.4, 0.5) is 0 Å². The molecule has 106 valence electrons. The largest absolute Gasteiger partial charge is 0.476 e. The third kappa shape index (κ3) is 2.55. The fourth-order valence-electron chi connectivity index (χ4n) is 2.73. The van der Waals surface area contributed by atoms with Gasteiger partial charge in [0.05, 0.1) is 5.54 Å². The van der Waals surface area contributed by atoms with Gasteiger partial charge in [-0.2, -0.15) is 0 Å². The number of ether oxygens (including phenoxy) is 2. The molecule has 0 N–H and O–H groups in total. The molecule has 1 aromatic rings. The Kier molecular flexibility index (Phi) is 3.24. The fraction of sp³-hybridized carbons (Fsp3) is 0.500. The van der Waals surface area contributed by atoms with Crippen molar-refractivity contribution in [1.29, 1.82) is 0 Å².